The highest BCUT2D eigenvalue weighted by molar-refractivity contribution is 6.24. The Balaban J connectivity index is 1.91. The molecule has 1 saturated carbocycles. The van der Waals surface area contributed by atoms with Crippen molar-refractivity contribution in [3.05, 3.63) is 39.7 Å². The molecule has 3 aliphatic rings. The Labute approximate surface area is 233 Å². The second-order valence-corrected chi connectivity index (χ2v) is 12.8. The fourth-order valence-electron chi connectivity index (χ4n) is 6.45. The van der Waals surface area contributed by atoms with Crippen LogP contribution in [0.3, 0.4) is 0 Å². The molecule has 11 nitrogen and oxygen atoms in total. The number of phenolic OH excluding ortho intramolecular Hbond substituents is 1. The first-order valence-electron chi connectivity index (χ1n) is 13.3. The third kappa shape index (κ3) is 4.46. The van der Waals surface area contributed by atoms with Gasteiger partial charge in [-0.25, -0.2) is 0 Å². The first kappa shape index (κ1) is 29.6. The Kier molecular flexibility index (Phi) is 7.32. The molecule has 0 aliphatic heterocycles. The summed E-state index contributed by atoms with van der Waals surface area (Å²) in [7, 11) is 6.84. The van der Waals surface area contributed by atoms with Gasteiger partial charge in [0.25, 0.3) is 5.91 Å². The number of aromatic hydroxyl groups is 1. The summed E-state index contributed by atoms with van der Waals surface area (Å²) in [6, 6.07) is 0.735. The molecule has 1 aromatic carbocycles. The van der Waals surface area contributed by atoms with Gasteiger partial charge in [0.15, 0.2) is 11.4 Å². The van der Waals surface area contributed by atoms with Crippen molar-refractivity contribution in [3.8, 4) is 5.75 Å². The fourth-order valence-corrected chi connectivity index (χ4v) is 6.45. The van der Waals surface area contributed by atoms with Crippen molar-refractivity contribution in [2.24, 2.45) is 23.0 Å². The molecule has 7 N–H and O–H groups in total. The summed E-state index contributed by atoms with van der Waals surface area (Å²) in [6.45, 7) is 7.21. The van der Waals surface area contributed by atoms with Gasteiger partial charge in [-0.05, 0) is 49.9 Å². The topological polar surface area (TPSA) is 177 Å². The van der Waals surface area contributed by atoms with Crippen molar-refractivity contribution in [2.75, 3.05) is 39.6 Å². The molecule has 0 spiro atoms. The highest BCUT2D eigenvalue weighted by Gasteiger charge is 2.64. The summed E-state index contributed by atoms with van der Waals surface area (Å²) >= 11 is 0. The lowest BCUT2D eigenvalue weighted by molar-refractivity contribution is -0.153. The molecule has 0 saturated heterocycles. The summed E-state index contributed by atoms with van der Waals surface area (Å²) in [6.07, 6.45) is 0.291. The molecule has 4 atom stereocenters. The number of aliphatic hydroxyl groups excluding tert-OH is 2. The van der Waals surface area contributed by atoms with Crippen LogP contribution in [0, 0.1) is 17.3 Å². The molecule has 0 radical (unpaired) electrons. The van der Waals surface area contributed by atoms with Crippen LogP contribution in [0.15, 0.2) is 23.0 Å². The van der Waals surface area contributed by atoms with Crippen LogP contribution >= 0.6 is 0 Å². The lowest BCUT2D eigenvalue weighted by Gasteiger charge is -2.50. The van der Waals surface area contributed by atoms with Gasteiger partial charge < -0.3 is 36.4 Å². The van der Waals surface area contributed by atoms with Gasteiger partial charge >= 0.3 is 0 Å². The first-order valence-corrected chi connectivity index (χ1v) is 13.3. The number of nitrogens with two attached hydrogens (primary N) is 1. The monoisotopic (exact) mass is 558 g/mol. The van der Waals surface area contributed by atoms with Gasteiger partial charge in [-0.1, -0.05) is 20.8 Å². The number of hydrogen-bond acceptors (Lipinski definition) is 10. The van der Waals surface area contributed by atoms with Crippen LogP contribution in [0.4, 0.5) is 5.69 Å². The third-order valence-electron chi connectivity index (χ3n) is 8.23. The number of ketones is 2. The number of amides is 1. The predicted octanol–water partition coefficient (Wildman–Crippen LogP) is 1.17. The largest absolute Gasteiger partial charge is 0.508 e. The normalized spacial score (nSPS) is 26.6. The maximum atomic E-state index is 14.0. The Bertz CT molecular complexity index is 1350. The van der Waals surface area contributed by atoms with Gasteiger partial charge in [0.2, 0.25) is 5.78 Å². The maximum Gasteiger partial charge on any atom is 0.255 e. The van der Waals surface area contributed by atoms with Crippen LogP contribution in [-0.4, -0.2) is 89.2 Å². The summed E-state index contributed by atoms with van der Waals surface area (Å²) in [5, 5.41) is 49.0. The van der Waals surface area contributed by atoms with Crippen LogP contribution in [-0.2, 0) is 27.3 Å². The van der Waals surface area contributed by atoms with E-state index < -0.39 is 58.0 Å². The van der Waals surface area contributed by atoms with Crippen LogP contribution < -0.4 is 16.0 Å². The minimum Gasteiger partial charge on any atom is -0.508 e. The number of Topliss-reactive ketones (excluding diaryl/α,β-unsaturated/α-hetero) is 2. The van der Waals surface area contributed by atoms with Crippen molar-refractivity contribution in [2.45, 2.75) is 51.8 Å². The number of carbonyl (C=O) groups excluding carboxylic acids is 3. The van der Waals surface area contributed by atoms with Crippen molar-refractivity contribution in [3.63, 3.8) is 0 Å². The molecular formula is C29H40N4O7. The smallest absolute Gasteiger partial charge is 0.255 e. The van der Waals surface area contributed by atoms with Crippen molar-refractivity contribution in [1.29, 1.82) is 0 Å². The summed E-state index contributed by atoms with van der Waals surface area (Å²) in [5.41, 5.74) is 3.73. The zero-order chi connectivity index (χ0) is 30.1. The van der Waals surface area contributed by atoms with Crippen LogP contribution in [0.5, 0.6) is 5.75 Å². The zero-order valence-corrected chi connectivity index (χ0v) is 24.1. The number of fused-ring (bicyclic) bond motifs is 3. The quantitative estimate of drug-likeness (QED) is 0.278. The fraction of sp³-hybridized carbons (Fsp3) is 0.552. The summed E-state index contributed by atoms with van der Waals surface area (Å²) in [5.74, 6) is -6.55. The highest BCUT2D eigenvalue weighted by Crippen LogP contribution is 2.54. The summed E-state index contributed by atoms with van der Waals surface area (Å²) < 4.78 is 0. The Morgan fingerprint density at radius 3 is 2.33 bits per heavy atom. The molecule has 3 aliphatic carbocycles. The van der Waals surface area contributed by atoms with Crippen LogP contribution in [0.1, 0.15) is 43.9 Å². The minimum atomic E-state index is -2.66. The Morgan fingerprint density at radius 2 is 1.80 bits per heavy atom. The SMILES string of the molecule is CN(C)c1cc([14CH2]NCC(C)(C)C)c(O)c2c1C[C@H]1C[C@H]3[C@H](N(C)C)C(=O)C(C(N)=O)=C(O)[C@@]3(O)C(=O)C1=C2O. The molecule has 0 aromatic heterocycles. The van der Waals surface area contributed by atoms with Gasteiger partial charge in [-0.3, -0.25) is 19.3 Å². The molecule has 1 fully saturated rings. The van der Waals surface area contributed by atoms with E-state index in [1.807, 2.05) is 25.1 Å². The lowest BCUT2D eigenvalue weighted by Crippen LogP contribution is -2.65. The maximum absolute atomic E-state index is 14.0. The van der Waals surface area contributed by atoms with Crippen molar-refractivity contribution in [1.82, 2.24) is 10.2 Å². The number of likely N-dealkylation sites (N-methyl/N-ethyl adjacent to an activating group) is 1. The Morgan fingerprint density at radius 1 is 1.18 bits per heavy atom. The predicted molar refractivity (Wildman–Crippen MR) is 150 cm³/mol. The molecule has 0 unspecified atom stereocenters. The molecule has 0 heterocycles. The van der Waals surface area contributed by atoms with Crippen LogP contribution in [0.25, 0.3) is 5.76 Å². The molecule has 4 rings (SSSR count). The Hall–Kier alpha value is -3.41. The van der Waals surface area contributed by atoms with E-state index in [4.69, 9.17) is 5.73 Å². The second-order valence-electron chi connectivity index (χ2n) is 12.8. The number of benzene rings is 1. The number of phenols is 1. The van der Waals surface area contributed by atoms with E-state index >= 15 is 0 Å². The van der Waals surface area contributed by atoms with Gasteiger partial charge in [0.05, 0.1) is 11.6 Å². The number of rotatable bonds is 6. The van der Waals surface area contributed by atoms with Crippen LogP contribution in [0.2, 0.25) is 0 Å². The van der Waals surface area contributed by atoms with Crippen molar-refractivity contribution >= 4 is 28.9 Å². The van der Waals surface area contributed by atoms with Gasteiger partial charge in [-0.2, -0.15) is 0 Å². The number of nitrogens with zero attached hydrogens (tertiary/aromatic N) is 2. The number of aliphatic hydroxyl groups is 3. The van der Waals surface area contributed by atoms with E-state index in [0.717, 1.165) is 5.69 Å². The molecule has 40 heavy (non-hydrogen) atoms. The van der Waals surface area contributed by atoms with E-state index in [1.165, 1.54) is 4.90 Å². The van der Waals surface area contributed by atoms with Gasteiger partial charge in [0, 0.05) is 49.9 Å². The average molecular weight is 559 g/mol. The van der Waals surface area contributed by atoms with Crippen molar-refractivity contribution < 1.29 is 34.8 Å². The minimum absolute atomic E-state index is 0.00285. The molecule has 0 bridgehead atoms. The molecule has 1 amide bonds. The van der Waals surface area contributed by atoms with Gasteiger partial charge in [0.1, 0.15) is 22.8 Å². The lowest BCUT2D eigenvalue weighted by atomic mass is 9.57. The molecule has 1 aromatic rings. The number of nitrogens with one attached hydrogen (secondary N) is 1. The highest BCUT2D eigenvalue weighted by atomic mass is 16.3. The number of carbonyl (C=O) groups is 3. The van der Waals surface area contributed by atoms with E-state index in [-0.39, 0.29) is 35.1 Å². The summed E-state index contributed by atoms with van der Waals surface area (Å²) in [4.78, 5) is 42.8. The van der Waals surface area contributed by atoms with E-state index in [2.05, 4.69) is 26.1 Å². The standard InChI is InChI=1S/C29H40N4O7/c1-28(2,3)12-31-11-14-10-17(32(4)5)15-8-13-9-16-21(33(6)7)24(36)20(27(30)39)26(38)29(16,40)25(37)18(13)23(35)19(15)22(14)34/h10,13,16,21,31,34-35,38,40H,8-9,11-12H2,1-7H3,(H2,30,39)/t13-,16-,21-,29-/m0/s1/i11+2. The van der Waals surface area contributed by atoms with E-state index in [0.29, 0.717) is 24.2 Å². The number of hydrogen-bond donors (Lipinski definition) is 6. The average Bonchev–Trinajstić information content (AvgIpc) is 2.81. The molecule has 11 heteroatoms. The van der Waals surface area contributed by atoms with E-state index in [9.17, 15) is 34.8 Å². The first-order chi connectivity index (χ1) is 18.4. The van der Waals surface area contributed by atoms with E-state index in [1.54, 1.807) is 14.1 Å². The molecular weight excluding hydrogens is 518 g/mol. The number of primary amides is 1. The number of anilines is 1. The third-order valence-corrected chi connectivity index (χ3v) is 8.23. The van der Waals surface area contributed by atoms with Gasteiger partial charge in [-0.15, -0.1) is 0 Å². The zero-order valence-electron chi connectivity index (χ0n) is 24.1. The molecule has 218 valence electrons. The second kappa shape index (κ2) is 9.90.